The van der Waals surface area contributed by atoms with Gasteiger partial charge in [-0.3, -0.25) is 9.59 Å². The van der Waals surface area contributed by atoms with E-state index < -0.39 is 17.8 Å². The molecule has 1 atom stereocenters. The average molecular weight is 388 g/mol. The lowest BCUT2D eigenvalue weighted by Crippen LogP contribution is -2.46. The molecule has 3 rings (SSSR count). The number of amides is 2. The Balaban J connectivity index is 1.94. The van der Waals surface area contributed by atoms with Crippen LogP contribution in [0.5, 0.6) is 0 Å². The van der Waals surface area contributed by atoms with Crippen molar-refractivity contribution < 1.29 is 14.0 Å². The molecular formula is C19H21FN4O2S. The highest BCUT2D eigenvalue weighted by Gasteiger charge is 2.33. The van der Waals surface area contributed by atoms with Gasteiger partial charge in [0, 0.05) is 18.0 Å². The Morgan fingerprint density at radius 3 is 2.63 bits per heavy atom. The standard InChI is InChI=1S/C19H21FN4O2S/c1-2-11-24(19(26)16-12-27-23-22-16)17(13-7-9-14(20)10-8-13)18(25)21-15-5-3-4-6-15/h2,7-10,12,15,17H,1,3-6,11H2,(H,21,25)/t17-/m1/s1. The van der Waals surface area contributed by atoms with Crippen molar-refractivity contribution in [2.24, 2.45) is 0 Å². The van der Waals surface area contributed by atoms with Gasteiger partial charge < -0.3 is 10.2 Å². The highest BCUT2D eigenvalue weighted by Crippen LogP contribution is 2.26. The molecule has 0 spiro atoms. The summed E-state index contributed by atoms with van der Waals surface area (Å²) in [6.45, 7) is 3.85. The lowest BCUT2D eigenvalue weighted by molar-refractivity contribution is -0.126. The molecule has 0 radical (unpaired) electrons. The maximum absolute atomic E-state index is 13.4. The Morgan fingerprint density at radius 1 is 1.33 bits per heavy atom. The fraction of sp³-hybridized carbons (Fsp3) is 0.368. The van der Waals surface area contributed by atoms with Gasteiger partial charge in [-0.1, -0.05) is 35.5 Å². The maximum atomic E-state index is 13.4. The fourth-order valence-corrected chi connectivity index (χ4v) is 3.75. The molecule has 1 heterocycles. The first kappa shape index (κ1) is 19.2. The summed E-state index contributed by atoms with van der Waals surface area (Å²) >= 11 is 1.06. The molecule has 0 saturated heterocycles. The van der Waals surface area contributed by atoms with E-state index >= 15 is 0 Å². The van der Waals surface area contributed by atoms with Crippen LogP contribution in [-0.4, -0.2) is 38.9 Å². The van der Waals surface area contributed by atoms with Gasteiger partial charge in [-0.2, -0.15) is 0 Å². The van der Waals surface area contributed by atoms with Crippen molar-refractivity contribution in [1.29, 1.82) is 0 Å². The van der Waals surface area contributed by atoms with E-state index in [-0.39, 0.29) is 24.2 Å². The quantitative estimate of drug-likeness (QED) is 0.740. The minimum absolute atomic E-state index is 0.0991. The van der Waals surface area contributed by atoms with Crippen LogP contribution in [0.25, 0.3) is 0 Å². The minimum Gasteiger partial charge on any atom is -0.351 e. The van der Waals surface area contributed by atoms with Gasteiger partial charge in [-0.25, -0.2) is 4.39 Å². The molecule has 142 valence electrons. The van der Waals surface area contributed by atoms with Crippen LogP contribution in [0.1, 0.15) is 47.8 Å². The molecule has 0 unspecified atom stereocenters. The van der Waals surface area contributed by atoms with E-state index in [1.165, 1.54) is 34.5 Å². The molecule has 1 aliphatic carbocycles. The van der Waals surface area contributed by atoms with Gasteiger partial charge in [-0.15, -0.1) is 11.7 Å². The third kappa shape index (κ3) is 4.57. The molecule has 0 bridgehead atoms. The zero-order valence-electron chi connectivity index (χ0n) is 14.8. The molecule has 27 heavy (non-hydrogen) atoms. The monoisotopic (exact) mass is 388 g/mol. The van der Waals surface area contributed by atoms with Crippen molar-refractivity contribution in [3.8, 4) is 0 Å². The zero-order valence-corrected chi connectivity index (χ0v) is 15.6. The van der Waals surface area contributed by atoms with Crippen molar-refractivity contribution >= 4 is 23.3 Å². The van der Waals surface area contributed by atoms with Crippen LogP contribution in [0.15, 0.2) is 42.3 Å². The van der Waals surface area contributed by atoms with E-state index in [0.717, 1.165) is 37.2 Å². The molecule has 1 aromatic heterocycles. The van der Waals surface area contributed by atoms with Gasteiger partial charge >= 0.3 is 0 Å². The predicted octanol–water partition coefficient (Wildman–Crippen LogP) is 3.11. The first-order chi connectivity index (χ1) is 13.1. The molecule has 1 fully saturated rings. The van der Waals surface area contributed by atoms with E-state index in [2.05, 4.69) is 21.5 Å². The second kappa shape index (κ2) is 8.85. The number of halogens is 1. The van der Waals surface area contributed by atoms with Gasteiger partial charge in [-0.05, 0) is 42.1 Å². The van der Waals surface area contributed by atoms with Crippen LogP contribution in [-0.2, 0) is 4.79 Å². The fourth-order valence-electron chi connectivity index (χ4n) is 3.32. The smallest absolute Gasteiger partial charge is 0.276 e. The largest absolute Gasteiger partial charge is 0.351 e. The van der Waals surface area contributed by atoms with E-state index in [1.807, 2.05) is 0 Å². The SMILES string of the molecule is C=CCN(C(=O)c1csnn1)[C@@H](C(=O)NC1CCCC1)c1ccc(F)cc1. The first-order valence-corrected chi connectivity index (χ1v) is 9.68. The summed E-state index contributed by atoms with van der Waals surface area (Å²) in [6.07, 6.45) is 5.55. The number of rotatable bonds is 7. The molecular weight excluding hydrogens is 367 g/mol. The van der Waals surface area contributed by atoms with Crippen molar-refractivity contribution in [2.45, 2.75) is 37.8 Å². The lowest BCUT2D eigenvalue weighted by atomic mass is 10.0. The molecule has 1 saturated carbocycles. The second-order valence-corrected chi connectivity index (χ2v) is 7.09. The number of nitrogens with one attached hydrogen (secondary N) is 1. The first-order valence-electron chi connectivity index (χ1n) is 8.85. The van der Waals surface area contributed by atoms with E-state index in [9.17, 15) is 14.0 Å². The van der Waals surface area contributed by atoms with Gasteiger partial charge in [0.15, 0.2) is 5.69 Å². The Kier molecular flexibility index (Phi) is 6.28. The third-order valence-corrected chi connectivity index (χ3v) is 5.12. The molecule has 1 aromatic carbocycles. The van der Waals surface area contributed by atoms with Gasteiger partial charge in [0.25, 0.3) is 5.91 Å². The third-order valence-electron chi connectivity index (χ3n) is 4.61. The van der Waals surface area contributed by atoms with Gasteiger partial charge in [0.05, 0.1) is 0 Å². The van der Waals surface area contributed by atoms with Crippen LogP contribution in [0.3, 0.4) is 0 Å². The number of benzene rings is 1. The number of hydrogen-bond donors (Lipinski definition) is 1. The van der Waals surface area contributed by atoms with Crippen molar-refractivity contribution in [1.82, 2.24) is 19.8 Å². The maximum Gasteiger partial charge on any atom is 0.276 e. The van der Waals surface area contributed by atoms with Crippen molar-refractivity contribution in [2.75, 3.05) is 6.54 Å². The number of hydrogen-bond acceptors (Lipinski definition) is 5. The van der Waals surface area contributed by atoms with Crippen LogP contribution < -0.4 is 5.32 Å². The Morgan fingerprint density at radius 2 is 2.04 bits per heavy atom. The van der Waals surface area contributed by atoms with Crippen LogP contribution in [0.4, 0.5) is 4.39 Å². The van der Waals surface area contributed by atoms with E-state index in [1.54, 1.807) is 6.08 Å². The molecule has 0 aliphatic heterocycles. The average Bonchev–Trinajstić information content (AvgIpc) is 3.36. The molecule has 8 heteroatoms. The summed E-state index contributed by atoms with van der Waals surface area (Å²) < 4.78 is 17.1. The number of carbonyl (C=O) groups excluding carboxylic acids is 2. The summed E-state index contributed by atoms with van der Waals surface area (Å²) in [5.41, 5.74) is 0.702. The zero-order chi connectivity index (χ0) is 19.2. The van der Waals surface area contributed by atoms with Crippen molar-refractivity contribution in [3.63, 3.8) is 0 Å². The molecule has 2 amide bonds. The summed E-state index contributed by atoms with van der Waals surface area (Å²) in [5.74, 6) is -1.11. The summed E-state index contributed by atoms with van der Waals surface area (Å²) in [6, 6.07) is 4.81. The lowest BCUT2D eigenvalue weighted by Gasteiger charge is -2.31. The summed E-state index contributed by atoms with van der Waals surface area (Å²) in [7, 11) is 0. The Hall–Kier alpha value is -2.61. The topological polar surface area (TPSA) is 75.2 Å². The molecule has 2 aromatic rings. The number of carbonyl (C=O) groups is 2. The Bertz CT molecular complexity index is 789. The molecule has 1 N–H and O–H groups in total. The highest BCUT2D eigenvalue weighted by molar-refractivity contribution is 7.03. The van der Waals surface area contributed by atoms with Crippen LogP contribution >= 0.6 is 11.5 Å². The van der Waals surface area contributed by atoms with E-state index in [0.29, 0.717) is 5.56 Å². The van der Waals surface area contributed by atoms with Gasteiger partial charge in [0.2, 0.25) is 5.91 Å². The highest BCUT2D eigenvalue weighted by atomic mass is 32.1. The Labute approximate surface area is 161 Å². The van der Waals surface area contributed by atoms with Crippen molar-refractivity contribution in [3.05, 3.63) is 59.4 Å². The predicted molar refractivity (Wildman–Crippen MR) is 101 cm³/mol. The normalized spacial score (nSPS) is 15.3. The summed E-state index contributed by atoms with van der Waals surface area (Å²) in [4.78, 5) is 27.4. The molecule has 1 aliphatic rings. The number of nitrogens with zero attached hydrogens (tertiary/aromatic N) is 3. The molecule has 6 nitrogen and oxygen atoms in total. The minimum atomic E-state index is -0.904. The number of aromatic nitrogens is 2. The van der Waals surface area contributed by atoms with Crippen LogP contribution in [0, 0.1) is 5.82 Å². The van der Waals surface area contributed by atoms with E-state index in [4.69, 9.17) is 0 Å². The summed E-state index contributed by atoms with van der Waals surface area (Å²) in [5, 5.41) is 8.40. The van der Waals surface area contributed by atoms with Gasteiger partial charge in [0.1, 0.15) is 11.9 Å². The van der Waals surface area contributed by atoms with Crippen LogP contribution in [0.2, 0.25) is 0 Å². The second-order valence-electron chi connectivity index (χ2n) is 6.48.